The molecule has 28 heavy (non-hydrogen) atoms. The monoisotopic (exact) mass is 435 g/mol. The van der Waals surface area contributed by atoms with Crippen molar-refractivity contribution in [1.29, 1.82) is 0 Å². The van der Waals surface area contributed by atoms with Gasteiger partial charge in [-0.25, -0.2) is 4.98 Å². The molecule has 0 radical (unpaired) electrons. The Labute approximate surface area is 175 Å². The van der Waals surface area contributed by atoms with E-state index in [0.29, 0.717) is 32.3 Å². The average molecular weight is 436 g/mol. The predicted molar refractivity (Wildman–Crippen MR) is 114 cm³/mol. The molecule has 146 valence electrons. The van der Waals surface area contributed by atoms with Crippen LogP contribution >= 0.6 is 35.3 Å². The molecule has 1 unspecified atom stereocenters. The van der Waals surface area contributed by atoms with Crippen molar-refractivity contribution in [3.63, 3.8) is 0 Å². The minimum atomic E-state index is -0.777. The van der Waals surface area contributed by atoms with Crippen LogP contribution in [0.5, 0.6) is 11.5 Å². The molecule has 1 saturated heterocycles. The number of thioether (sulfide) groups is 1. The maximum Gasteiger partial charge on any atom is 0.266 e. The number of hydrogen-bond donors (Lipinski definition) is 2. The van der Waals surface area contributed by atoms with Crippen LogP contribution < -0.4 is 10.1 Å². The third kappa shape index (κ3) is 4.34. The number of thiocarbonyl (C=S) groups is 1. The van der Waals surface area contributed by atoms with E-state index < -0.39 is 6.04 Å². The van der Waals surface area contributed by atoms with Gasteiger partial charge >= 0.3 is 0 Å². The Hall–Kier alpha value is -2.43. The van der Waals surface area contributed by atoms with Crippen molar-refractivity contribution < 1.29 is 19.4 Å². The Kier molecular flexibility index (Phi) is 6.32. The molecule has 2 N–H and O–H groups in total. The highest BCUT2D eigenvalue weighted by molar-refractivity contribution is 8.26. The molecule has 0 bridgehead atoms. The Morgan fingerprint density at radius 3 is 2.96 bits per heavy atom. The van der Waals surface area contributed by atoms with Crippen LogP contribution in [0.1, 0.15) is 19.4 Å². The second-order valence-corrected chi connectivity index (χ2v) is 8.28. The van der Waals surface area contributed by atoms with Gasteiger partial charge in [-0.15, -0.1) is 11.3 Å². The molecule has 0 saturated carbocycles. The van der Waals surface area contributed by atoms with Crippen molar-refractivity contribution >= 4 is 62.7 Å². The number of nitrogens with one attached hydrogen (secondary N) is 1. The fourth-order valence-electron chi connectivity index (χ4n) is 2.47. The summed E-state index contributed by atoms with van der Waals surface area (Å²) in [5.41, 5.74) is 0.682. The van der Waals surface area contributed by atoms with Gasteiger partial charge in [-0.3, -0.25) is 14.5 Å². The number of carbonyl (C=O) groups excluding carboxylic acids is 2. The smallest absolute Gasteiger partial charge is 0.266 e. The van der Waals surface area contributed by atoms with E-state index in [9.17, 15) is 14.7 Å². The van der Waals surface area contributed by atoms with Crippen LogP contribution in [-0.2, 0) is 9.59 Å². The summed E-state index contributed by atoms with van der Waals surface area (Å²) in [5, 5.41) is 14.7. The van der Waals surface area contributed by atoms with Gasteiger partial charge in [0.05, 0.1) is 11.5 Å². The lowest BCUT2D eigenvalue weighted by molar-refractivity contribution is -0.129. The molecule has 2 amide bonds. The molecule has 1 aliphatic heterocycles. The SMILES string of the molecule is CCOc1cc(/C=C2\SC(=S)N(C(C)C(=O)Nc3nccs3)C2=O)ccc1O. The molecule has 10 heteroatoms. The summed E-state index contributed by atoms with van der Waals surface area (Å²) in [6.07, 6.45) is 3.24. The summed E-state index contributed by atoms with van der Waals surface area (Å²) in [7, 11) is 0. The minimum Gasteiger partial charge on any atom is -0.504 e. The highest BCUT2D eigenvalue weighted by atomic mass is 32.2. The molecule has 2 heterocycles. The second-order valence-electron chi connectivity index (χ2n) is 5.71. The van der Waals surface area contributed by atoms with Gasteiger partial charge in [-0.2, -0.15) is 0 Å². The number of ether oxygens (including phenoxy) is 1. The number of benzene rings is 1. The van der Waals surface area contributed by atoms with E-state index in [-0.39, 0.29) is 17.6 Å². The number of aromatic nitrogens is 1. The molecule has 0 spiro atoms. The van der Waals surface area contributed by atoms with Crippen molar-refractivity contribution in [1.82, 2.24) is 9.88 Å². The molecule has 1 aromatic carbocycles. The van der Waals surface area contributed by atoms with E-state index in [2.05, 4.69) is 10.3 Å². The van der Waals surface area contributed by atoms with Crippen LogP contribution in [0, 0.1) is 0 Å². The van der Waals surface area contributed by atoms with Crippen molar-refractivity contribution in [3.8, 4) is 11.5 Å². The summed E-state index contributed by atoms with van der Waals surface area (Å²) in [4.78, 5) is 31.0. The summed E-state index contributed by atoms with van der Waals surface area (Å²) in [6, 6.07) is 4.04. The lowest BCUT2D eigenvalue weighted by Gasteiger charge is -2.21. The van der Waals surface area contributed by atoms with Gasteiger partial charge in [-0.05, 0) is 37.6 Å². The highest BCUT2D eigenvalue weighted by Gasteiger charge is 2.38. The Morgan fingerprint density at radius 2 is 2.29 bits per heavy atom. The first kappa shape index (κ1) is 20.3. The van der Waals surface area contributed by atoms with Crippen molar-refractivity contribution in [2.45, 2.75) is 19.9 Å². The number of anilines is 1. The highest BCUT2D eigenvalue weighted by Crippen LogP contribution is 2.35. The maximum absolute atomic E-state index is 12.8. The molecule has 1 atom stereocenters. The van der Waals surface area contributed by atoms with Gasteiger partial charge in [0, 0.05) is 11.6 Å². The summed E-state index contributed by atoms with van der Waals surface area (Å²) in [5.74, 6) is -0.347. The summed E-state index contributed by atoms with van der Waals surface area (Å²) >= 11 is 7.73. The molecular weight excluding hydrogens is 418 g/mol. The van der Waals surface area contributed by atoms with E-state index in [1.165, 1.54) is 22.3 Å². The van der Waals surface area contributed by atoms with Crippen LogP contribution in [0.25, 0.3) is 6.08 Å². The van der Waals surface area contributed by atoms with E-state index in [1.54, 1.807) is 36.7 Å². The standard InChI is InChI=1S/C18H17N3O4S3/c1-3-25-13-8-11(4-5-12(13)22)9-14-16(24)21(18(26)28-14)10(2)15(23)20-17-19-6-7-27-17/h4-10,22H,3H2,1-2H3,(H,19,20,23)/b14-9-. The number of carbonyl (C=O) groups is 2. The predicted octanol–water partition coefficient (Wildman–Crippen LogP) is 3.48. The van der Waals surface area contributed by atoms with Gasteiger partial charge in [0.1, 0.15) is 10.4 Å². The molecule has 0 aliphatic carbocycles. The molecule has 1 aromatic heterocycles. The number of nitrogens with zero attached hydrogens (tertiary/aromatic N) is 2. The van der Waals surface area contributed by atoms with Crippen molar-refractivity contribution in [3.05, 3.63) is 40.2 Å². The van der Waals surface area contributed by atoms with Gasteiger partial charge in [-0.1, -0.05) is 30.0 Å². The van der Waals surface area contributed by atoms with Crippen LogP contribution in [0.4, 0.5) is 5.13 Å². The van der Waals surface area contributed by atoms with Crippen LogP contribution in [0.15, 0.2) is 34.7 Å². The number of rotatable bonds is 6. The van der Waals surface area contributed by atoms with E-state index in [4.69, 9.17) is 17.0 Å². The average Bonchev–Trinajstić information content (AvgIpc) is 3.26. The molecular formula is C18H17N3O4S3. The number of hydrogen-bond acceptors (Lipinski definition) is 8. The Balaban J connectivity index is 1.78. The third-order valence-corrected chi connectivity index (χ3v) is 5.85. The van der Waals surface area contributed by atoms with Crippen LogP contribution in [0.3, 0.4) is 0 Å². The Bertz CT molecular complexity index is 944. The van der Waals surface area contributed by atoms with Crippen LogP contribution in [0.2, 0.25) is 0 Å². The zero-order valence-electron chi connectivity index (χ0n) is 15.0. The molecule has 1 fully saturated rings. The van der Waals surface area contributed by atoms with E-state index in [1.807, 2.05) is 6.92 Å². The molecule has 7 nitrogen and oxygen atoms in total. The van der Waals surface area contributed by atoms with E-state index in [0.717, 1.165) is 11.8 Å². The Morgan fingerprint density at radius 1 is 1.50 bits per heavy atom. The van der Waals surface area contributed by atoms with Gasteiger partial charge in [0.15, 0.2) is 16.6 Å². The zero-order valence-corrected chi connectivity index (χ0v) is 17.5. The van der Waals surface area contributed by atoms with Crippen molar-refractivity contribution in [2.24, 2.45) is 0 Å². The lowest BCUT2D eigenvalue weighted by atomic mass is 10.1. The van der Waals surface area contributed by atoms with Gasteiger partial charge in [0.2, 0.25) is 5.91 Å². The lowest BCUT2D eigenvalue weighted by Crippen LogP contribution is -2.44. The first-order valence-corrected chi connectivity index (χ1v) is 10.4. The maximum atomic E-state index is 12.8. The number of thiazole rings is 1. The van der Waals surface area contributed by atoms with Gasteiger partial charge < -0.3 is 15.2 Å². The largest absolute Gasteiger partial charge is 0.504 e. The first-order valence-electron chi connectivity index (χ1n) is 8.34. The third-order valence-electron chi connectivity index (χ3n) is 3.83. The quantitative estimate of drug-likeness (QED) is 0.530. The summed E-state index contributed by atoms with van der Waals surface area (Å²) in [6.45, 7) is 3.84. The molecule has 2 aromatic rings. The fourth-order valence-corrected chi connectivity index (χ4v) is 4.42. The zero-order chi connectivity index (χ0) is 20.3. The number of phenolic OH excluding ortho intramolecular Hbond substituents is 1. The fraction of sp³-hybridized carbons (Fsp3) is 0.222. The van der Waals surface area contributed by atoms with E-state index >= 15 is 0 Å². The van der Waals surface area contributed by atoms with Crippen LogP contribution in [-0.4, -0.2) is 43.8 Å². The van der Waals surface area contributed by atoms with Gasteiger partial charge in [0.25, 0.3) is 5.91 Å². The van der Waals surface area contributed by atoms with Crippen molar-refractivity contribution in [2.75, 3.05) is 11.9 Å². The minimum absolute atomic E-state index is 0.0269. The molecule has 1 aliphatic rings. The number of phenols is 1. The normalized spacial score (nSPS) is 16.5. The topological polar surface area (TPSA) is 91.8 Å². The number of amides is 2. The number of aromatic hydroxyl groups is 1. The molecule has 3 rings (SSSR count). The summed E-state index contributed by atoms with van der Waals surface area (Å²) < 4.78 is 5.67. The second kappa shape index (κ2) is 8.72. The first-order chi connectivity index (χ1) is 13.4.